The van der Waals surface area contributed by atoms with Crippen LogP contribution in [0.2, 0.25) is 0 Å². The van der Waals surface area contributed by atoms with Gasteiger partial charge in [0.15, 0.2) is 0 Å². The van der Waals surface area contributed by atoms with E-state index >= 15 is 0 Å². The van der Waals surface area contributed by atoms with E-state index < -0.39 is 24.4 Å². The van der Waals surface area contributed by atoms with Crippen molar-refractivity contribution < 1.29 is 18.9 Å². The summed E-state index contributed by atoms with van der Waals surface area (Å²) in [6, 6.07) is 0. The van der Waals surface area contributed by atoms with Crippen molar-refractivity contribution in [2.75, 3.05) is 0 Å². The molecule has 1 N–H and O–H groups in total. The molecule has 2 rings (SSSR count). The highest BCUT2D eigenvalue weighted by molar-refractivity contribution is 4.93. The number of alkyl halides is 2. The van der Waals surface area contributed by atoms with Crippen LogP contribution in [0.1, 0.15) is 52.4 Å². The van der Waals surface area contributed by atoms with Crippen LogP contribution in [0.4, 0.5) is 8.78 Å². The summed E-state index contributed by atoms with van der Waals surface area (Å²) in [7, 11) is 0. The van der Waals surface area contributed by atoms with E-state index in [2.05, 4.69) is 11.8 Å². The van der Waals surface area contributed by atoms with E-state index in [1.807, 2.05) is 0 Å². The van der Waals surface area contributed by atoms with Crippen molar-refractivity contribution in [2.24, 2.45) is 23.7 Å². The minimum atomic E-state index is -1.50. The average Bonchev–Trinajstić information content (AvgIpc) is 2.41. The van der Waals surface area contributed by atoms with Crippen LogP contribution in [0.15, 0.2) is 0 Å². The van der Waals surface area contributed by atoms with Crippen LogP contribution >= 0.6 is 0 Å². The van der Waals surface area contributed by atoms with Gasteiger partial charge in [0.1, 0.15) is 18.4 Å². The van der Waals surface area contributed by atoms with Gasteiger partial charge < -0.3 is 0 Å². The Labute approximate surface area is 114 Å². The van der Waals surface area contributed by atoms with Crippen molar-refractivity contribution >= 4 is 0 Å². The van der Waals surface area contributed by atoms with E-state index in [0.717, 1.165) is 25.7 Å². The standard InChI is InChI=1S/C15H26F2O2/c1-9-3-6-11(7-4-9)15(19-18)12-8-5-10(2)13(16)14(12)17/h9-15,18H,3-8H2,1-2H3. The lowest BCUT2D eigenvalue weighted by Crippen LogP contribution is -2.46. The van der Waals surface area contributed by atoms with Crippen molar-refractivity contribution in [1.82, 2.24) is 0 Å². The summed E-state index contributed by atoms with van der Waals surface area (Å²) >= 11 is 0. The Hall–Kier alpha value is -0.220. The Bertz CT molecular complexity index is 279. The summed E-state index contributed by atoms with van der Waals surface area (Å²) in [6.45, 7) is 3.97. The molecular formula is C15H26F2O2. The van der Waals surface area contributed by atoms with Crippen molar-refractivity contribution in [3.05, 3.63) is 0 Å². The Morgan fingerprint density at radius 2 is 1.58 bits per heavy atom. The van der Waals surface area contributed by atoms with Gasteiger partial charge in [-0.2, -0.15) is 0 Å². The minimum Gasteiger partial charge on any atom is -0.252 e. The van der Waals surface area contributed by atoms with E-state index in [1.165, 1.54) is 0 Å². The molecule has 0 aromatic carbocycles. The zero-order valence-corrected chi connectivity index (χ0v) is 11.9. The summed E-state index contributed by atoms with van der Waals surface area (Å²) in [5.74, 6) is 0.147. The first-order valence-electron chi connectivity index (χ1n) is 7.63. The molecular weight excluding hydrogens is 250 g/mol. The second-order valence-corrected chi connectivity index (χ2v) is 6.70. The summed E-state index contributed by atoms with van der Waals surface area (Å²) in [4.78, 5) is 4.61. The molecule has 2 aliphatic carbocycles. The smallest absolute Gasteiger partial charge is 0.137 e. The third kappa shape index (κ3) is 3.27. The summed E-state index contributed by atoms with van der Waals surface area (Å²) in [5.41, 5.74) is 0. The van der Waals surface area contributed by atoms with E-state index in [1.54, 1.807) is 6.92 Å². The minimum absolute atomic E-state index is 0.171. The molecule has 0 saturated heterocycles. The Morgan fingerprint density at radius 3 is 2.16 bits per heavy atom. The van der Waals surface area contributed by atoms with Crippen LogP contribution < -0.4 is 0 Å². The van der Waals surface area contributed by atoms with E-state index in [9.17, 15) is 14.0 Å². The van der Waals surface area contributed by atoms with Gasteiger partial charge in [-0.05, 0) is 43.4 Å². The van der Waals surface area contributed by atoms with Gasteiger partial charge >= 0.3 is 0 Å². The van der Waals surface area contributed by atoms with Crippen LogP contribution in [0.25, 0.3) is 0 Å². The fourth-order valence-electron chi connectivity index (χ4n) is 3.80. The second-order valence-electron chi connectivity index (χ2n) is 6.70. The highest BCUT2D eigenvalue weighted by Crippen LogP contribution is 2.41. The van der Waals surface area contributed by atoms with Crippen LogP contribution in [-0.2, 0) is 4.89 Å². The molecule has 0 aromatic rings. The van der Waals surface area contributed by atoms with Crippen molar-refractivity contribution in [2.45, 2.75) is 70.8 Å². The maximum atomic E-state index is 14.2. The van der Waals surface area contributed by atoms with Crippen LogP contribution in [-0.4, -0.2) is 23.7 Å². The van der Waals surface area contributed by atoms with Crippen LogP contribution in [0.5, 0.6) is 0 Å². The Kier molecular flexibility index (Phi) is 5.18. The van der Waals surface area contributed by atoms with Gasteiger partial charge in [0.25, 0.3) is 0 Å². The molecule has 2 saturated carbocycles. The molecule has 0 spiro atoms. The fourth-order valence-corrected chi connectivity index (χ4v) is 3.80. The monoisotopic (exact) mass is 276 g/mol. The summed E-state index contributed by atoms with van der Waals surface area (Å²) in [5, 5.41) is 9.18. The quantitative estimate of drug-likeness (QED) is 0.612. The molecule has 2 nitrogen and oxygen atoms in total. The lowest BCUT2D eigenvalue weighted by Gasteiger charge is -2.40. The number of rotatable bonds is 3. The van der Waals surface area contributed by atoms with Gasteiger partial charge in [-0.15, -0.1) is 0 Å². The molecule has 0 aliphatic heterocycles. The Balaban J connectivity index is 2.00. The molecule has 0 aromatic heterocycles. The normalized spacial score (nSPS) is 45.9. The van der Waals surface area contributed by atoms with Crippen molar-refractivity contribution in [1.29, 1.82) is 0 Å². The maximum Gasteiger partial charge on any atom is 0.137 e. The molecule has 0 radical (unpaired) electrons. The lowest BCUT2D eigenvalue weighted by molar-refractivity contribution is -0.312. The van der Waals surface area contributed by atoms with Crippen LogP contribution in [0.3, 0.4) is 0 Å². The van der Waals surface area contributed by atoms with Gasteiger partial charge in [0, 0.05) is 5.92 Å². The highest BCUT2D eigenvalue weighted by atomic mass is 19.2. The molecule has 2 fully saturated rings. The van der Waals surface area contributed by atoms with Crippen LogP contribution in [0, 0.1) is 23.7 Å². The topological polar surface area (TPSA) is 29.5 Å². The summed E-state index contributed by atoms with van der Waals surface area (Å²) < 4.78 is 28.0. The first-order valence-corrected chi connectivity index (χ1v) is 7.63. The van der Waals surface area contributed by atoms with E-state index in [4.69, 9.17) is 0 Å². The molecule has 0 bridgehead atoms. The van der Waals surface area contributed by atoms with Gasteiger partial charge in [-0.3, -0.25) is 5.26 Å². The van der Waals surface area contributed by atoms with Gasteiger partial charge in [-0.25, -0.2) is 13.7 Å². The number of halogens is 2. The first-order chi connectivity index (χ1) is 9.04. The molecule has 19 heavy (non-hydrogen) atoms. The third-order valence-electron chi connectivity index (χ3n) is 5.28. The SMILES string of the molecule is CC1CCC(C(OO)C2CCC(C)C(F)C2F)CC1. The molecule has 5 unspecified atom stereocenters. The van der Waals surface area contributed by atoms with Gasteiger partial charge in [-0.1, -0.05) is 26.7 Å². The maximum absolute atomic E-state index is 14.2. The lowest BCUT2D eigenvalue weighted by atomic mass is 9.70. The largest absolute Gasteiger partial charge is 0.252 e. The van der Waals surface area contributed by atoms with Crippen molar-refractivity contribution in [3.8, 4) is 0 Å². The first kappa shape index (κ1) is 15.2. The van der Waals surface area contributed by atoms with Crippen molar-refractivity contribution in [3.63, 3.8) is 0 Å². The summed E-state index contributed by atoms with van der Waals surface area (Å²) in [6.07, 6.45) is 1.90. The zero-order chi connectivity index (χ0) is 14.0. The molecule has 112 valence electrons. The Morgan fingerprint density at radius 1 is 0.947 bits per heavy atom. The number of hydrogen-bond acceptors (Lipinski definition) is 2. The predicted octanol–water partition coefficient (Wildman–Crippen LogP) is 4.39. The zero-order valence-electron chi connectivity index (χ0n) is 11.9. The molecule has 0 amide bonds. The average molecular weight is 276 g/mol. The van der Waals surface area contributed by atoms with Gasteiger partial charge in [0.2, 0.25) is 0 Å². The molecule has 0 heterocycles. The predicted molar refractivity (Wildman–Crippen MR) is 70.3 cm³/mol. The fraction of sp³-hybridized carbons (Fsp3) is 1.00. The third-order valence-corrected chi connectivity index (χ3v) is 5.28. The molecule has 2 aliphatic rings. The number of hydrogen-bond donors (Lipinski definition) is 1. The van der Waals surface area contributed by atoms with E-state index in [-0.39, 0.29) is 11.8 Å². The second kappa shape index (κ2) is 6.49. The molecule has 5 atom stereocenters. The highest BCUT2D eigenvalue weighted by Gasteiger charge is 2.45. The molecule has 4 heteroatoms. The van der Waals surface area contributed by atoms with E-state index in [0.29, 0.717) is 18.8 Å². The van der Waals surface area contributed by atoms with Gasteiger partial charge in [0.05, 0.1) is 0 Å².